The number of halogens is 1. The van der Waals surface area contributed by atoms with Crippen molar-refractivity contribution >= 4 is 38.5 Å². The topological polar surface area (TPSA) is 79.2 Å². The number of imidazole rings is 1. The van der Waals surface area contributed by atoms with E-state index >= 15 is 4.39 Å². The van der Waals surface area contributed by atoms with Crippen LogP contribution in [-0.2, 0) is 4.74 Å². The van der Waals surface area contributed by atoms with E-state index in [0.29, 0.717) is 29.9 Å². The molecule has 2 aliphatic heterocycles. The van der Waals surface area contributed by atoms with E-state index in [9.17, 15) is 9.59 Å². The normalized spacial score (nSPS) is 18.0. The van der Waals surface area contributed by atoms with Crippen LogP contribution in [0.3, 0.4) is 0 Å². The molecule has 2 aromatic carbocycles. The molecular weight excluding hydrogens is 565 g/mol. The van der Waals surface area contributed by atoms with E-state index in [2.05, 4.69) is 10.2 Å². The molecule has 10 heteroatoms. The van der Waals surface area contributed by atoms with Crippen LogP contribution >= 0.6 is 11.3 Å². The number of piperidine rings is 1. The summed E-state index contributed by atoms with van der Waals surface area (Å²) in [6, 6.07) is 10.6. The number of aromatic nitrogens is 2. The highest BCUT2D eigenvalue weighted by atomic mass is 32.1. The Bertz CT molecular complexity index is 1630. The van der Waals surface area contributed by atoms with E-state index in [4.69, 9.17) is 9.72 Å². The van der Waals surface area contributed by atoms with Crippen LogP contribution in [-0.4, -0.2) is 69.5 Å². The van der Waals surface area contributed by atoms with E-state index < -0.39 is 5.60 Å². The van der Waals surface area contributed by atoms with Crippen LogP contribution in [0.2, 0.25) is 0 Å². The summed E-state index contributed by atoms with van der Waals surface area (Å²) in [5.41, 5.74) is 2.69. The van der Waals surface area contributed by atoms with E-state index in [0.717, 1.165) is 46.5 Å². The first-order valence-electron chi connectivity index (χ1n) is 15.4. The van der Waals surface area contributed by atoms with E-state index in [1.54, 1.807) is 11.0 Å². The number of hydrogen-bond donors (Lipinski definition) is 1. The SMILES string of the molecule is CC(C)(C)OC(=O)N1CCC[C@@H]1c1ccc(-c2cn3c(n2)sc2cc(C(=O)NCCCN4CCCCC4)ccc23)c(F)c1. The zero-order chi connectivity index (χ0) is 30.1. The van der Waals surface area contributed by atoms with Crippen LogP contribution in [0.15, 0.2) is 42.6 Å². The summed E-state index contributed by atoms with van der Waals surface area (Å²) in [6.07, 6.45) is 7.91. The number of carbonyl (C=O) groups is 2. The van der Waals surface area contributed by atoms with Gasteiger partial charge in [-0.1, -0.05) is 23.8 Å². The van der Waals surface area contributed by atoms with E-state index in [-0.39, 0.29) is 23.9 Å². The maximum atomic E-state index is 15.5. The van der Waals surface area contributed by atoms with Gasteiger partial charge in [-0.05, 0) is 108 Å². The van der Waals surface area contributed by atoms with Crippen molar-refractivity contribution in [1.29, 1.82) is 0 Å². The zero-order valence-corrected chi connectivity index (χ0v) is 26.0. The maximum absolute atomic E-state index is 15.5. The molecule has 43 heavy (non-hydrogen) atoms. The van der Waals surface area contributed by atoms with Gasteiger partial charge in [0, 0.05) is 30.4 Å². The Kier molecular flexibility index (Phi) is 8.42. The van der Waals surface area contributed by atoms with Crippen LogP contribution < -0.4 is 5.32 Å². The molecule has 0 bridgehead atoms. The fourth-order valence-electron chi connectivity index (χ4n) is 6.16. The third-order valence-electron chi connectivity index (χ3n) is 8.28. The van der Waals surface area contributed by atoms with Crippen LogP contribution in [0.4, 0.5) is 9.18 Å². The van der Waals surface area contributed by atoms with Crippen LogP contribution in [0, 0.1) is 5.82 Å². The Hall–Kier alpha value is -3.50. The summed E-state index contributed by atoms with van der Waals surface area (Å²) in [6.45, 7) is 10.1. The molecule has 2 aliphatic rings. The summed E-state index contributed by atoms with van der Waals surface area (Å²) >= 11 is 1.48. The third kappa shape index (κ3) is 6.55. The summed E-state index contributed by atoms with van der Waals surface area (Å²) < 4.78 is 24.0. The molecule has 228 valence electrons. The average molecular weight is 606 g/mol. The highest BCUT2D eigenvalue weighted by molar-refractivity contribution is 7.23. The molecule has 1 atom stereocenters. The maximum Gasteiger partial charge on any atom is 0.410 e. The lowest BCUT2D eigenvalue weighted by Gasteiger charge is -2.29. The lowest BCUT2D eigenvalue weighted by molar-refractivity contribution is 0.0224. The van der Waals surface area contributed by atoms with Gasteiger partial charge in [0.25, 0.3) is 5.91 Å². The molecule has 4 heterocycles. The molecule has 0 aliphatic carbocycles. The number of benzene rings is 2. The summed E-state index contributed by atoms with van der Waals surface area (Å²) in [7, 11) is 0. The Balaban J connectivity index is 1.13. The number of amides is 2. The number of thiazole rings is 1. The van der Waals surface area contributed by atoms with Gasteiger partial charge in [-0.2, -0.15) is 0 Å². The number of ether oxygens (including phenoxy) is 1. The standard InChI is InChI=1S/C33H40FN5O3S/c1-33(2,3)42-32(41)38-18-7-9-27(38)22-10-12-24(25(34)19-22)26-21-39-28-13-11-23(20-29(28)43-31(39)36-26)30(40)35-14-8-17-37-15-5-4-6-16-37/h10-13,19-21,27H,4-9,14-18H2,1-3H3,(H,35,40)/t27-/m1/s1. The number of nitrogens with one attached hydrogen (secondary N) is 1. The molecule has 6 rings (SSSR count). The highest BCUT2D eigenvalue weighted by Crippen LogP contribution is 2.36. The Morgan fingerprint density at radius 2 is 1.88 bits per heavy atom. The van der Waals surface area contributed by atoms with Gasteiger partial charge in [-0.25, -0.2) is 14.2 Å². The van der Waals surface area contributed by atoms with Crippen LogP contribution in [0.25, 0.3) is 26.4 Å². The second-order valence-corrected chi connectivity index (χ2v) is 13.7. The van der Waals surface area contributed by atoms with Crippen molar-refractivity contribution < 1.29 is 18.7 Å². The first-order valence-corrected chi connectivity index (χ1v) is 16.2. The second kappa shape index (κ2) is 12.2. The molecule has 2 saturated heterocycles. The molecule has 2 fully saturated rings. The summed E-state index contributed by atoms with van der Waals surface area (Å²) in [4.78, 5) is 35.2. The van der Waals surface area contributed by atoms with Crippen molar-refractivity contribution in [2.45, 2.75) is 70.9 Å². The van der Waals surface area contributed by atoms with E-state index in [1.165, 1.54) is 49.8 Å². The Labute approximate surface area is 255 Å². The highest BCUT2D eigenvalue weighted by Gasteiger charge is 2.33. The van der Waals surface area contributed by atoms with Crippen LogP contribution in [0.1, 0.15) is 81.3 Å². The van der Waals surface area contributed by atoms with Crippen molar-refractivity contribution in [3.8, 4) is 11.3 Å². The Morgan fingerprint density at radius 3 is 2.65 bits per heavy atom. The number of likely N-dealkylation sites (tertiary alicyclic amines) is 2. The van der Waals surface area contributed by atoms with Gasteiger partial charge in [0.05, 0.1) is 22.0 Å². The van der Waals surface area contributed by atoms with Crippen molar-refractivity contribution in [3.63, 3.8) is 0 Å². The molecule has 4 aromatic rings. The van der Waals surface area contributed by atoms with Crippen molar-refractivity contribution in [2.75, 3.05) is 32.7 Å². The summed E-state index contributed by atoms with van der Waals surface area (Å²) in [5, 5.41) is 3.06. The number of carbonyl (C=O) groups excluding carboxylic acids is 2. The third-order valence-corrected chi connectivity index (χ3v) is 9.29. The van der Waals surface area contributed by atoms with E-state index in [1.807, 2.05) is 55.6 Å². The number of nitrogens with zero attached hydrogens (tertiary/aromatic N) is 4. The monoisotopic (exact) mass is 605 g/mol. The predicted molar refractivity (Wildman–Crippen MR) is 168 cm³/mol. The van der Waals surface area contributed by atoms with Crippen molar-refractivity contribution in [2.24, 2.45) is 0 Å². The molecule has 8 nitrogen and oxygen atoms in total. The van der Waals surface area contributed by atoms with Gasteiger partial charge in [0.2, 0.25) is 0 Å². The Morgan fingerprint density at radius 1 is 1.07 bits per heavy atom. The van der Waals surface area contributed by atoms with Crippen LogP contribution in [0.5, 0.6) is 0 Å². The molecule has 0 saturated carbocycles. The van der Waals surface area contributed by atoms with Gasteiger partial charge in [-0.3, -0.25) is 9.20 Å². The van der Waals surface area contributed by atoms with Gasteiger partial charge in [0.1, 0.15) is 11.4 Å². The average Bonchev–Trinajstić information content (AvgIpc) is 3.70. The largest absolute Gasteiger partial charge is 0.444 e. The molecule has 1 N–H and O–H groups in total. The van der Waals surface area contributed by atoms with Gasteiger partial charge in [0.15, 0.2) is 4.96 Å². The zero-order valence-electron chi connectivity index (χ0n) is 25.2. The predicted octanol–water partition coefficient (Wildman–Crippen LogP) is 7.03. The second-order valence-electron chi connectivity index (χ2n) is 12.6. The van der Waals surface area contributed by atoms with Gasteiger partial charge in [-0.15, -0.1) is 0 Å². The minimum absolute atomic E-state index is 0.0677. The fourth-order valence-corrected chi connectivity index (χ4v) is 7.21. The fraction of sp³-hybridized carbons (Fsp3) is 0.485. The van der Waals surface area contributed by atoms with Gasteiger partial charge >= 0.3 is 6.09 Å². The molecule has 2 aromatic heterocycles. The molecular formula is C33H40FN5O3S. The number of hydrogen-bond acceptors (Lipinski definition) is 6. The minimum atomic E-state index is -0.585. The first-order chi connectivity index (χ1) is 20.7. The minimum Gasteiger partial charge on any atom is -0.444 e. The first kappa shape index (κ1) is 29.6. The summed E-state index contributed by atoms with van der Waals surface area (Å²) in [5.74, 6) is -0.440. The lowest BCUT2D eigenvalue weighted by Crippen LogP contribution is -2.36. The van der Waals surface area contributed by atoms with Gasteiger partial charge < -0.3 is 19.9 Å². The molecule has 2 amide bonds. The molecule has 0 radical (unpaired) electrons. The molecule has 0 spiro atoms. The number of rotatable bonds is 7. The number of fused-ring (bicyclic) bond motifs is 3. The van der Waals surface area contributed by atoms with Crippen molar-refractivity contribution in [1.82, 2.24) is 24.5 Å². The quantitative estimate of drug-likeness (QED) is 0.229. The molecule has 0 unspecified atom stereocenters. The smallest absolute Gasteiger partial charge is 0.410 e. The van der Waals surface area contributed by atoms with Crippen molar-refractivity contribution in [3.05, 3.63) is 59.5 Å². The lowest BCUT2D eigenvalue weighted by atomic mass is 10.0.